The van der Waals surface area contributed by atoms with E-state index in [1.165, 1.54) is 12.8 Å². The van der Waals surface area contributed by atoms with E-state index in [0.29, 0.717) is 18.5 Å². The highest BCUT2D eigenvalue weighted by atomic mass is 35.5. The second-order valence-corrected chi connectivity index (χ2v) is 7.01. The van der Waals surface area contributed by atoms with Crippen LogP contribution in [0.25, 0.3) is 0 Å². The summed E-state index contributed by atoms with van der Waals surface area (Å²) in [5, 5.41) is 9.98. The van der Waals surface area contributed by atoms with Crippen molar-refractivity contribution >= 4 is 5.97 Å². The third-order valence-corrected chi connectivity index (χ3v) is 5.92. The van der Waals surface area contributed by atoms with Gasteiger partial charge in [0, 0.05) is 12.1 Å². The molecule has 2 bridgehead atoms. The Labute approximate surface area is 150 Å². The smallest absolute Gasteiger partial charge is 0.319 e. The Morgan fingerprint density at radius 1 is 1.25 bits per heavy atom. The maximum Gasteiger partial charge on any atom is 0.319 e. The fourth-order valence-corrected chi connectivity index (χ4v) is 4.21. The zero-order valence-corrected chi connectivity index (χ0v) is 15.2. The molecule has 3 unspecified atom stereocenters. The summed E-state index contributed by atoms with van der Waals surface area (Å²) < 4.78 is 5.90. The fourth-order valence-electron chi connectivity index (χ4n) is 4.21. The number of carbonyl (C=O) groups excluding carboxylic acids is 1. The summed E-state index contributed by atoms with van der Waals surface area (Å²) >= 11 is 0. The van der Waals surface area contributed by atoms with Crippen LogP contribution in [-0.4, -0.2) is 47.8 Å². The number of fused-ring (bicyclic) bond motifs is 2. The molecule has 2 saturated heterocycles. The molecule has 2 fully saturated rings. The van der Waals surface area contributed by atoms with Gasteiger partial charge in [-0.15, -0.1) is 0 Å². The number of rotatable bonds is 5. The minimum Gasteiger partial charge on any atom is -1.00 e. The van der Waals surface area contributed by atoms with Crippen LogP contribution in [0.1, 0.15) is 44.6 Å². The lowest BCUT2D eigenvalue weighted by Gasteiger charge is -2.38. The van der Waals surface area contributed by atoms with Crippen LogP contribution >= 0.6 is 0 Å². The summed E-state index contributed by atoms with van der Waals surface area (Å²) in [7, 11) is 2.18. The Hall–Kier alpha value is -1.10. The predicted octanol–water partition coefficient (Wildman–Crippen LogP) is -0.501. The van der Waals surface area contributed by atoms with Crippen molar-refractivity contribution in [1.29, 1.82) is 0 Å². The van der Waals surface area contributed by atoms with Gasteiger partial charge in [0.25, 0.3) is 0 Å². The van der Waals surface area contributed by atoms with Crippen molar-refractivity contribution in [3.05, 3.63) is 35.9 Å². The molecule has 1 aromatic carbocycles. The molecular weight excluding hydrogens is 326 g/mol. The minimum absolute atomic E-state index is 0. The number of carbonyl (C=O) groups is 1. The van der Waals surface area contributed by atoms with Gasteiger partial charge in [-0.25, -0.2) is 0 Å². The lowest BCUT2D eigenvalue weighted by Crippen LogP contribution is -3.00. The van der Waals surface area contributed by atoms with Crippen molar-refractivity contribution in [2.45, 2.75) is 62.6 Å². The lowest BCUT2D eigenvalue weighted by atomic mass is 9.78. The van der Waals surface area contributed by atoms with E-state index in [2.05, 4.69) is 11.9 Å². The van der Waals surface area contributed by atoms with Gasteiger partial charge in [-0.3, -0.25) is 4.79 Å². The van der Waals surface area contributed by atoms with Gasteiger partial charge in [0.1, 0.15) is 11.5 Å². The molecule has 0 amide bonds. The number of hydrogen-bond donors (Lipinski definition) is 1. The van der Waals surface area contributed by atoms with Gasteiger partial charge in [0.2, 0.25) is 0 Å². The summed E-state index contributed by atoms with van der Waals surface area (Å²) in [6, 6.07) is 10.6. The molecule has 3 atom stereocenters. The Balaban J connectivity index is 0.00000208. The molecule has 0 radical (unpaired) electrons. The summed E-state index contributed by atoms with van der Waals surface area (Å²) in [5.41, 5.74) is -0.102. The molecule has 3 rings (SSSR count). The molecule has 2 aliphatic heterocycles. The first kappa shape index (κ1) is 19.2. The van der Waals surface area contributed by atoms with Crippen LogP contribution in [-0.2, 0) is 14.9 Å². The molecule has 2 aliphatic rings. The van der Waals surface area contributed by atoms with E-state index in [4.69, 9.17) is 4.74 Å². The topological polar surface area (TPSA) is 49.8 Å². The van der Waals surface area contributed by atoms with Crippen molar-refractivity contribution < 1.29 is 27.0 Å². The van der Waals surface area contributed by atoms with Crippen LogP contribution in [0.15, 0.2) is 30.3 Å². The zero-order valence-electron chi connectivity index (χ0n) is 14.5. The van der Waals surface area contributed by atoms with Crippen LogP contribution < -0.4 is 12.4 Å². The number of ether oxygens (including phenoxy) is 1. The number of aliphatic hydroxyl groups is 1. The van der Waals surface area contributed by atoms with Crippen LogP contribution in [0.3, 0.4) is 0 Å². The van der Waals surface area contributed by atoms with Crippen LogP contribution in [0, 0.1) is 0 Å². The number of esters is 1. The Bertz CT molecular complexity index is 533. The van der Waals surface area contributed by atoms with E-state index in [9.17, 15) is 9.90 Å². The third-order valence-electron chi connectivity index (χ3n) is 5.92. The molecular formula is C19H27ClNO3-. The molecule has 4 nitrogen and oxygen atoms in total. The lowest BCUT2D eigenvalue weighted by molar-refractivity contribution is -0.161. The second-order valence-electron chi connectivity index (χ2n) is 7.01. The van der Waals surface area contributed by atoms with Crippen molar-refractivity contribution in [1.82, 2.24) is 4.90 Å². The second kappa shape index (κ2) is 7.85. The highest BCUT2D eigenvalue weighted by molar-refractivity contribution is 5.83. The van der Waals surface area contributed by atoms with E-state index >= 15 is 0 Å². The number of halogens is 1. The van der Waals surface area contributed by atoms with E-state index in [1.54, 1.807) is 0 Å². The van der Waals surface area contributed by atoms with E-state index in [0.717, 1.165) is 18.4 Å². The number of benzene rings is 1. The molecule has 1 N–H and O–H groups in total. The van der Waals surface area contributed by atoms with Crippen molar-refractivity contribution in [2.24, 2.45) is 0 Å². The van der Waals surface area contributed by atoms with E-state index in [-0.39, 0.29) is 31.1 Å². The Morgan fingerprint density at radius 2 is 1.83 bits per heavy atom. The van der Waals surface area contributed by atoms with Crippen molar-refractivity contribution in [2.75, 3.05) is 13.7 Å². The van der Waals surface area contributed by atoms with Gasteiger partial charge >= 0.3 is 5.97 Å². The highest BCUT2D eigenvalue weighted by Gasteiger charge is 2.44. The standard InChI is InChI=1S/C19H27NO3.ClH/c1-3-19(13-21,14-7-5-4-6-8-14)18(22)23-17-11-15-9-10-16(12-17)20(15)2;/h4-8,15-17,21H,3,9-13H2,1-2H3;1H/p-1. The summed E-state index contributed by atoms with van der Waals surface area (Å²) in [6.45, 7) is 1.72. The van der Waals surface area contributed by atoms with Gasteiger partial charge < -0.3 is 27.2 Å². The molecule has 2 heterocycles. The average molecular weight is 353 g/mol. The monoisotopic (exact) mass is 352 g/mol. The normalized spacial score (nSPS) is 28.7. The van der Waals surface area contributed by atoms with Crippen molar-refractivity contribution in [3.8, 4) is 0 Å². The summed E-state index contributed by atoms with van der Waals surface area (Å²) in [6.07, 6.45) is 4.75. The van der Waals surface area contributed by atoms with Gasteiger partial charge in [-0.05, 0) is 44.7 Å². The summed E-state index contributed by atoms with van der Waals surface area (Å²) in [4.78, 5) is 15.3. The largest absolute Gasteiger partial charge is 1.00 e. The number of nitrogens with zero attached hydrogens (tertiary/aromatic N) is 1. The molecule has 5 heteroatoms. The highest BCUT2D eigenvalue weighted by Crippen LogP contribution is 2.37. The van der Waals surface area contributed by atoms with Gasteiger partial charge in [0.15, 0.2) is 0 Å². The molecule has 0 saturated carbocycles. The number of piperidine rings is 1. The van der Waals surface area contributed by atoms with Gasteiger partial charge in [-0.1, -0.05) is 37.3 Å². The van der Waals surface area contributed by atoms with Crippen LogP contribution in [0.4, 0.5) is 0 Å². The third kappa shape index (κ3) is 3.32. The fraction of sp³-hybridized carbons (Fsp3) is 0.632. The van der Waals surface area contributed by atoms with Crippen molar-refractivity contribution in [3.63, 3.8) is 0 Å². The Morgan fingerprint density at radius 3 is 2.33 bits per heavy atom. The van der Waals surface area contributed by atoms with Gasteiger partial charge in [0.05, 0.1) is 6.61 Å². The van der Waals surface area contributed by atoms with E-state index in [1.807, 2.05) is 37.3 Å². The number of hydrogen-bond acceptors (Lipinski definition) is 4. The van der Waals surface area contributed by atoms with Gasteiger partial charge in [-0.2, -0.15) is 0 Å². The minimum atomic E-state index is -0.941. The average Bonchev–Trinajstić information content (AvgIpc) is 2.79. The van der Waals surface area contributed by atoms with Crippen LogP contribution in [0.2, 0.25) is 0 Å². The maximum atomic E-state index is 12.9. The molecule has 134 valence electrons. The predicted molar refractivity (Wildman–Crippen MR) is 89.2 cm³/mol. The SMILES string of the molecule is CCC(CO)(C(=O)OC1CC2CCC(C1)N2C)c1ccccc1.[Cl-]. The summed E-state index contributed by atoms with van der Waals surface area (Å²) in [5.74, 6) is -0.275. The van der Waals surface area contributed by atoms with E-state index < -0.39 is 5.41 Å². The molecule has 1 aromatic rings. The number of aliphatic hydroxyl groups excluding tert-OH is 1. The molecule has 0 aliphatic carbocycles. The maximum absolute atomic E-state index is 12.9. The molecule has 24 heavy (non-hydrogen) atoms. The molecule has 0 aromatic heterocycles. The first-order valence-corrected chi connectivity index (χ1v) is 8.70. The first-order chi connectivity index (χ1) is 11.1. The van der Waals surface area contributed by atoms with Crippen LogP contribution in [0.5, 0.6) is 0 Å². The Kier molecular flexibility index (Phi) is 6.29. The quantitative estimate of drug-likeness (QED) is 0.726. The molecule has 0 spiro atoms. The first-order valence-electron chi connectivity index (χ1n) is 8.70. The zero-order chi connectivity index (χ0) is 16.4.